The normalized spacial score (nSPS) is 25.3. The Bertz CT molecular complexity index is 634. The van der Waals surface area contributed by atoms with Gasteiger partial charge in [-0.3, -0.25) is 9.59 Å². The average Bonchev–Trinajstić information content (AvgIpc) is 3.03. The van der Waals surface area contributed by atoms with Gasteiger partial charge in [-0.05, 0) is 39.2 Å². The second-order valence-electron chi connectivity index (χ2n) is 6.71. The summed E-state index contributed by atoms with van der Waals surface area (Å²) < 4.78 is 7.09. The number of nitrogens with zero attached hydrogens (tertiary/aromatic N) is 2. The van der Waals surface area contributed by atoms with Crippen molar-refractivity contribution in [3.05, 3.63) is 28.2 Å². The molecule has 23 heavy (non-hydrogen) atoms. The van der Waals surface area contributed by atoms with E-state index in [4.69, 9.17) is 4.74 Å². The maximum atomic E-state index is 12.3. The highest BCUT2D eigenvalue weighted by atomic mass is 16.5. The molecule has 2 aliphatic carbocycles. The molecule has 2 atom stereocenters. The van der Waals surface area contributed by atoms with Crippen LogP contribution in [0, 0.1) is 12.3 Å². The zero-order chi connectivity index (χ0) is 16.4. The van der Waals surface area contributed by atoms with Crippen molar-refractivity contribution in [1.29, 1.82) is 0 Å². The Hall–Kier alpha value is -1.69. The molecule has 6 nitrogen and oxygen atoms in total. The molecule has 1 N–H and O–H groups in total. The van der Waals surface area contributed by atoms with Crippen LogP contribution >= 0.6 is 0 Å². The van der Waals surface area contributed by atoms with Gasteiger partial charge in [0.15, 0.2) is 0 Å². The lowest BCUT2D eigenvalue weighted by Crippen LogP contribution is -2.64. The summed E-state index contributed by atoms with van der Waals surface area (Å²) in [5.41, 5.74) is 0.586. The molecule has 0 bridgehead atoms. The van der Waals surface area contributed by atoms with Gasteiger partial charge in [0.25, 0.3) is 5.56 Å². The summed E-state index contributed by atoms with van der Waals surface area (Å²) >= 11 is 0. The van der Waals surface area contributed by atoms with Crippen LogP contribution in [-0.4, -0.2) is 34.4 Å². The quantitative estimate of drug-likeness (QED) is 0.890. The van der Waals surface area contributed by atoms with Gasteiger partial charge in [0.1, 0.15) is 6.54 Å². The van der Waals surface area contributed by atoms with E-state index in [9.17, 15) is 9.59 Å². The van der Waals surface area contributed by atoms with Crippen molar-refractivity contribution in [1.82, 2.24) is 15.1 Å². The van der Waals surface area contributed by atoms with Gasteiger partial charge in [0.05, 0.1) is 11.8 Å². The van der Waals surface area contributed by atoms with Crippen molar-refractivity contribution < 1.29 is 9.53 Å². The SMILES string of the molecule is CCO[C@H]1C[C@H](NC(=O)Cn2nc(C)ccc2=O)C12CCCC2. The smallest absolute Gasteiger partial charge is 0.267 e. The highest BCUT2D eigenvalue weighted by molar-refractivity contribution is 5.76. The van der Waals surface area contributed by atoms with Crippen LogP contribution in [0.2, 0.25) is 0 Å². The standard InChI is InChI=1S/C17H25N3O3/c1-3-23-14-10-13(17(14)8-4-5-9-17)18-15(21)11-20-16(22)7-6-12(2)19-20/h6-7,13-14H,3-5,8-11H2,1-2H3,(H,18,21)/t13-,14-/m0/s1. The van der Waals surface area contributed by atoms with Crippen LogP contribution in [0.5, 0.6) is 0 Å². The Morgan fingerprint density at radius 1 is 1.43 bits per heavy atom. The summed E-state index contributed by atoms with van der Waals surface area (Å²) in [5.74, 6) is -0.142. The number of aromatic nitrogens is 2. The van der Waals surface area contributed by atoms with Gasteiger partial charge in [-0.2, -0.15) is 5.10 Å². The molecule has 0 aromatic carbocycles. The van der Waals surface area contributed by atoms with E-state index in [-0.39, 0.29) is 35.6 Å². The molecule has 0 saturated heterocycles. The van der Waals surface area contributed by atoms with Crippen LogP contribution in [0.25, 0.3) is 0 Å². The summed E-state index contributed by atoms with van der Waals surface area (Å²) in [5, 5.41) is 7.23. The number of hydrogen-bond acceptors (Lipinski definition) is 4. The summed E-state index contributed by atoms with van der Waals surface area (Å²) in [6.45, 7) is 4.52. The molecule has 2 fully saturated rings. The molecule has 2 saturated carbocycles. The van der Waals surface area contributed by atoms with Crippen LogP contribution in [0.4, 0.5) is 0 Å². The first-order valence-corrected chi connectivity index (χ1v) is 8.51. The molecular formula is C17H25N3O3. The Balaban J connectivity index is 1.64. The van der Waals surface area contributed by atoms with E-state index in [1.165, 1.54) is 23.6 Å². The number of carbonyl (C=O) groups is 1. The summed E-state index contributed by atoms with van der Waals surface area (Å²) in [6.07, 6.45) is 5.77. The van der Waals surface area contributed by atoms with E-state index < -0.39 is 0 Å². The molecular weight excluding hydrogens is 294 g/mol. The molecule has 1 heterocycles. The Kier molecular flexibility index (Phi) is 4.53. The monoisotopic (exact) mass is 319 g/mol. The van der Waals surface area contributed by atoms with Crippen molar-refractivity contribution in [3.8, 4) is 0 Å². The van der Waals surface area contributed by atoms with E-state index in [1.807, 2.05) is 6.92 Å². The third-order valence-corrected chi connectivity index (χ3v) is 5.32. The largest absolute Gasteiger partial charge is 0.378 e. The zero-order valence-electron chi connectivity index (χ0n) is 13.9. The molecule has 3 rings (SSSR count). The first-order valence-electron chi connectivity index (χ1n) is 8.51. The number of amides is 1. The maximum absolute atomic E-state index is 12.3. The lowest BCUT2D eigenvalue weighted by molar-refractivity contribution is -0.144. The van der Waals surface area contributed by atoms with E-state index >= 15 is 0 Å². The maximum Gasteiger partial charge on any atom is 0.267 e. The number of rotatable bonds is 5. The number of ether oxygens (including phenoxy) is 1. The van der Waals surface area contributed by atoms with Crippen molar-refractivity contribution in [2.24, 2.45) is 5.41 Å². The second-order valence-corrected chi connectivity index (χ2v) is 6.71. The van der Waals surface area contributed by atoms with Gasteiger partial charge in [-0.25, -0.2) is 4.68 Å². The molecule has 1 amide bonds. The molecule has 0 aliphatic heterocycles. The van der Waals surface area contributed by atoms with Crippen LogP contribution in [0.1, 0.15) is 44.7 Å². The predicted molar refractivity (Wildman–Crippen MR) is 86.1 cm³/mol. The lowest BCUT2D eigenvalue weighted by atomic mass is 9.60. The number of carbonyl (C=O) groups excluding carboxylic acids is 1. The Labute approximate surface area is 136 Å². The second kappa shape index (κ2) is 6.43. The van der Waals surface area contributed by atoms with Crippen molar-refractivity contribution in [2.45, 2.75) is 64.6 Å². The van der Waals surface area contributed by atoms with E-state index in [0.29, 0.717) is 0 Å². The number of nitrogens with one attached hydrogen (secondary N) is 1. The molecule has 0 radical (unpaired) electrons. The fourth-order valence-corrected chi connectivity index (χ4v) is 4.13. The molecule has 1 aromatic rings. The molecule has 6 heteroatoms. The first-order chi connectivity index (χ1) is 11.0. The predicted octanol–water partition coefficient (Wildman–Crippen LogP) is 1.41. The van der Waals surface area contributed by atoms with E-state index in [1.54, 1.807) is 13.0 Å². The van der Waals surface area contributed by atoms with Crippen LogP contribution in [-0.2, 0) is 16.1 Å². The van der Waals surface area contributed by atoms with Gasteiger partial charge < -0.3 is 10.1 Å². The summed E-state index contributed by atoms with van der Waals surface area (Å²) in [4.78, 5) is 24.1. The molecule has 0 unspecified atom stereocenters. The van der Waals surface area contributed by atoms with Crippen LogP contribution in [0.3, 0.4) is 0 Å². The van der Waals surface area contributed by atoms with Gasteiger partial charge in [-0.1, -0.05) is 12.8 Å². The minimum atomic E-state index is -0.248. The van der Waals surface area contributed by atoms with Crippen LogP contribution < -0.4 is 10.9 Å². The average molecular weight is 319 g/mol. The molecule has 126 valence electrons. The Morgan fingerprint density at radius 2 is 2.17 bits per heavy atom. The van der Waals surface area contributed by atoms with Crippen molar-refractivity contribution in [3.63, 3.8) is 0 Å². The number of aryl methyl sites for hydroxylation is 1. The molecule has 2 aliphatic rings. The minimum Gasteiger partial charge on any atom is -0.378 e. The third kappa shape index (κ3) is 3.04. The fraction of sp³-hybridized carbons (Fsp3) is 0.706. The summed E-state index contributed by atoms with van der Waals surface area (Å²) in [7, 11) is 0. The zero-order valence-corrected chi connectivity index (χ0v) is 13.9. The van der Waals surface area contributed by atoms with Gasteiger partial charge in [0, 0.05) is 24.1 Å². The van der Waals surface area contributed by atoms with E-state index in [0.717, 1.165) is 31.6 Å². The van der Waals surface area contributed by atoms with E-state index in [2.05, 4.69) is 10.4 Å². The van der Waals surface area contributed by atoms with Gasteiger partial charge >= 0.3 is 0 Å². The molecule has 1 aromatic heterocycles. The van der Waals surface area contributed by atoms with Crippen LogP contribution in [0.15, 0.2) is 16.9 Å². The minimum absolute atomic E-state index is 0.0214. The van der Waals surface area contributed by atoms with Gasteiger partial charge in [-0.15, -0.1) is 0 Å². The highest BCUT2D eigenvalue weighted by Gasteiger charge is 2.57. The molecule has 1 spiro atoms. The van der Waals surface area contributed by atoms with Gasteiger partial charge in [0.2, 0.25) is 5.91 Å². The lowest BCUT2D eigenvalue weighted by Gasteiger charge is -2.54. The topological polar surface area (TPSA) is 73.2 Å². The Morgan fingerprint density at radius 3 is 2.87 bits per heavy atom. The first kappa shape index (κ1) is 16.2. The fourth-order valence-electron chi connectivity index (χ4n) is 4.13. The van der Waals surface area contributed by atoms with Crippen molar-refractivity contribution >= 4 is 5.91 Å². The highest BCUT2D eigenvalue weighted by Crippen LogP contribution is 2.54. The van der Waals surface area contributed by atoms with Crippen molar-refractivity contribution in [2.75, 3.05) is 6.61 Å². The number of hydrogen-bond donors (Lipinski definition) is 1. The summed E-state index contributed by atoms with van der Waals surface area (Å²) in [6, 6.07) is 3.26. The third-order valence-electron chi connectivity index (χ3n) is 5.32.